The van der Waals surface area contributed by atoms with Gasteiger partial charge in [-0.2, -0.15) is 0 Å². The summed E-state index contributed by atoms with van der Waals surface area (Å²) in [7, 11) is 0. The van der Waals surface area contributed by atoms with Gasteiger partial charge >= 0.3 is 0 Å². The molecule has 1 amide bonds. The fraction of sp³-hybridized carbons (Fsp3) is 0.600. The summed E-state index contributed by atoms with van der Waals surface area (Å²) >= 11 is 0. The molecular weight excluding hydrogens is 238 g/mol. The van der Waals surface area contributed by atoms with E-state index in [9.17, 15) is 4.79 Å². The van der Waals surface area contributed by atoms with Crippen LogP contribution in [0, 0.1) is 6.92 Å². The third-order valence-corrected chi connectivity index (χ3v) is 4.04. The van der Waals surface area contributed by atoms with Gasteiger partial charge in [-0.05, 0) is 50.8 Å². The maximum Gasteiger partial charge on any atom is 0.273 e. The minimum Gasteiger partial charge on any atom is -0.333 e. The normalized spacial score (nSPS) is 22.5. The summed E-state index contributed by atoms with van der Waals surface area (Å²) in [5.74, 6) is 0.106. The summed E-state index contributed by atoms with van der Waals surface area (Å²) in [6.07, 6.45) is 6.39. The zero-order chi connectivity index (χ0) is 13.2. The van der Waals surface area contributed by atoms with Crippen LogP contribution < -0.4 is 5.32 Å². The Hall–Kier alpha value is -1.42. The topological polar surface area (TPSA) is 45.2 Å². The molecule has 0 bridgehead atoms. The standard InChI is InChI=1S/C15H21N3O/c1-11-4-2-9-17-14(11)15(19)18(13-6-7-13)10-12-5-3-8-16-12/h2,4,9,12-13,16H,3,5-8,10H2,1H3. The van der Waals surface area contributed by atoms with Crippen molar-refractivity contribution in [1.82, 2.24) is 15.2 Å². The lowest BCUT2D eigenvalue weighted by atomic mass is 10.1. The van der Waals surface area contributed by atoms with Gasteiger partial charge in [0.2, 0.25) is 0 Å². The molecule has 102 valence electrons. The fourth-order valence-corrected chi connectivity index (χ4v) is 2.78. The molecule has 0 aromatic carbocycles. The Morgan fingerprint density at radius 3 is 2.95 bits per heavy atom. The third-order valence-electron chi connectivity index (χ3n) is 4.04. The van der Waals surface area contributed by atoms with Crippen molar-refractivity contribution in [1.29, 1.82) is 0 Å². The summed E-state index contributed by atoms with van der Waals surface area (Å²) in [5, 5.41) is 3.48. The molecule has 1 aromatic rings. The van der Waals surface area contributed by atoms with E-state index < -0.39 is 0 Å². The first kappa shape index (κ1) is 12.6. The first-order valence-electron chi connectivity index (χ1n) is 7.21. The van der Waals surface area contributed by atoms with E-state index in [1.54, 1.807) is 6.20 Å². The maximum absolute atomic E-state index is 12.7. The van der Waals surface area contributed by atoms with Gasteiger partial charge in [0, 0.05) is 24.8 Å². The quantitative estimate of drug-likeness (QED) is 0.896. The molecular formula is C15H21N3O. The number of nitrogens with one attached hydrogen (secondary N) is 1. The number of pyridine rings is 1. The minimum absolute atomic E-state index is 0.106. The van der Waals surface area contributed by atoms with E-state index in [4.69, 9.17) is 0 Å². The van der Waals surface area contributed by atoms with Crippen LogP contribution in [0.15, 0.2) is 18.3 Å². The Bertz CT molecular complexity index is 464. The number of amides is 1. The second-order valence-electron chi connectivity index (χ2n) is 5.65. The lowest BCUT2D eigenvalue weighted by Gasteiger charge is -2.26. The van der Waals surface area contributed by atoms with Gasteiger partial charge in [0.05, 0.1) is 0 Å². The first-order valence-corrected chi connectivity index (χ1v) is 7.21. The maximum atomic E-state index is 12.7. The largest absolute Gasteiger partial charge is 0.333 e. The van der Waals surface area contributed by atoms with Gasteiger partial charge in [0.15, 0.2) is 0 Å². The lowest BCUT2D eigenvalue weighted by molar-refractivity contribution is 0.0722. The highest BCUT2D eigenvalue weighted by atomic mass is 16.2. The van der Waals surface area contributed by atoms with Gasteiger partial charge in [-0.3, -0.25) is 9.78 Å². The molecule has 2 fully saturated rings. The molecule has 1 atom stereocenters. The van der Waals surface area contributed by atoms with Crippen LogP contribution in [0.5, 0.6) is 0 Å². The molecule has 1 aliphatic heterocycles. The zero-order valence-corrected chi connectivity index (χ0v) is 11.4. The van der Waals surface area contributed by atoms with Crippen molar-refractivity contribution in [3.8, 4) is 0 Å². The van der Waals surface area contributed by atoms with Crippen LogP contribution in [0.4, 0.5) is 0 Å². The molecule has 0 spiro atoms. The number of rotatable bonds is 4. The third kappa shape index (κ3) is 2.78. The molecule has 1 saturated carbocycles. The predicted octanol–water partition coefficient (Wildman–Crippen LogP) is 1.75. The van der Waals surface area contributed by atoms with Crippen LogP contribution in [-0.4, -0.2) is 41.0 Å². The minimum atomic E-state index is 0.106. The Kier molecular flexibility index (Phi) is 3.51. The number of aromatic nitrogens is 1. The van der Waals surface area contributed by atoms with Crippen LogP contribution in [0.2, 0.25) is 0 Å². The molecule has 2 heterocycles. The van der Waals surface area contributed by atoms with Crippen molar-refractivity contribution >= 4 is 5.91 Å². The van der Waals surface area contributed by atoms with Gasteiger partial charge < -0.3 is 10.2 Å². The van der Waals surface area contributed by atoms with Gasteiger partial charge in [0.25, 0.3) is 5.91 Å². The van der Waals surface area contributed by atoms with Crippen LogP contribution in [0.25, 0.3) is 0 Å². The van der Waals surface area contributed by atoms with Crippen molar-refractivity contribution in [2.45, 2.75) is 44.7 Å². The second-order valence-corrected chi connectivity index (χ2v) is 5.65. The van der Waals surface area contributed by atoms with Crippen LogP contribution in [0.3, 0.4) is 0 Å². The number of hydrogen-bond donors (Lipinski definition) is 1. The van der Waals surface area contributed by atoms with E-state index in [2.05, 4.69) is 10.3 Å². The van der Waals surface area contributed by atoms with E-state index in [0.29, 0.717) is 17.8 Å². The van der Waals surface area contributed by atoms with Gasteiger partial charge in [-0.1, -0.05) is 6.07 Å². The highest BCUT2D eigenvalue weighted by Gasteiger charge is 2.35. The smallest absolute Gasteiger partial charge is 0.273 e. The highest BCUT2D eigenvalue weighted by Crippen LogP contribution is 2.29. The molecule has 4 nitrogen and oxygen atoms in total. The molecule has 4 heteroatoms. The Morgan fingerprint density at radius 1 is 1.47 bits per heavy atom. The number of carbonyl (C=O) groups is 1. The lowest BCUT2D eigenvalue weighted by Crippen LogP contribution is -2.42. The van der Waals surface area contributed by atoms with Crippen LogP contribution in [0.1, 0.15) is 41.7 Å². The molecule has 2 aliphatic rings. The van der Waals surface area contributed by atoms with E-state index in [-0.39, 0.29) is 5.91 Å². The summed E-state index contributed by atoms with van der Waals surface area (Å²) in [5.41, 5.74) is 1.59. The molecule has 0 radical (unpaired) electrons. The summed E-state index contributed by atoms with van der Waals surface area (Å²) in [6, 6.07) is 4.75. The number of hydrogen-bond acceptors (Lipinski definition) is 3. The van der Waals surface area contributed by atoms with Crippen LogP contribution >= 0.6 is 0 Å². The van der Waals surface area contributed by atoms with Gasteiger partial charge in [-0.15, -0.1) is 0 Å². The average molecular weight is 259 g/mol. The SMILES string of the molecule is Cc1cccnc1C(=O)N(CC1CCCN1)C1CC1. The summed E-state index contributed by atoms with van der Waals surface area (Å²) < 4.78 is 0. The van der Waals surface area contributed by atoms with E-state index >= 15 is 0 Å². The van der Waals surface area contributed by atoms with E-state index in [0.717, 1.165) is 31.5 Å². The average Bonchev–Trinajstić information content (AvgIpc) is 3.13. The van der Waals surface area contributed by atoms with Crippen molar-refractivity contribution < 1.29 is 4.79 Å². The highest BCUT2D eigenvalue weighted by molar-refractivity contribution is 5.94. The monoisotopic (exact) mass is 259 g/mol. The number of nitrogens with zero attached hydrogens (tertiary/aromatic N) is 2. The molecule has 1 unspecified atom stereocenters. The second kappa shape index (κ2) is 5.29. The summed E-state index contributed by atoms with van der Waals surface area (Å²) in [6.45, 7) is 3.87. The van der Waals surface area contributed by atoms with Gasteiger partial charge in [0.1, 0.15) is 5.69 Å². The van der Waals surface area contributed by atoms with E-state index in [1.165, 1.54) is 12.8 Å². The molecule has 1 aliphatic carbocycles. The Balaban J connectivity index is 1.76. The van der Waals surface area contributed by atoms with Crippen molar-refractivity contribution in [2.24, 2.45) is 0 Å². The molecule has 1 saturated heterocycles. The Labute approximate surface area is 114 Å². The molecule has 19 heavy (non-hydrogen) atoms. The van der Waals surface area contributed by atoms with Crippen molar-refractivity contribution in [3.05, 3.63) is 29.6 Å². The van der Waals surface area contributed by atoms with Crippen molar-refractivity contribution in [3.63, 3.8) is 0 Å². The summed E-state index contributed by atoms with van der Waals surface area (Å²) in [4.78, 5) is 19.0. The van der Waals surface area contributed by atoms with Gasteiger partial charge in [-0.25, -0.2) is 0 Å². The number of aryl methyl sites for hydroxylation is 1. The zero-order valence-electron chi connectivity index (χ0n) is 11.4. The fourth-order valence-electron chi connectivity index (χ4n) is 2.78. The number of carbonyl (C=O) groups excluding carboxylic acids is 1. The first-order chi connectivity index (χ1) is 9.25. The van der Waals surface area contributed by atoms with Crippen molar-refractivity contribution in [2.75, 3.05) is 13.1 Å². The molecule has 1 N–H and O–H groups in total. The van der Waals surface area contributed by atoms with E-state index in [1.807, 2.05) is 24.0 Å². The molecule has 3 rings (SSSR count). The predicted molar refractivity (Wildman–Crippen MR) is 74.1 cm³/mol. The Morgan fingerprint density at radius 2 is 2.32 bits per heavy atom. The molecule has 1 aromatic heterocycles. The van der Waals surface area contributed by atoms with Crippen LogP contribution in [-0.2, 0) is 0 Å².